The Morgan fingerprint density at radius 2 is 2.04 bits per heavy atom. The Labute approximate surface area is 155 Å². The number of hydrogen-bond acceptors (Lipinski definition) is 6. The quantitative estimate of drug-likeness (QED) is 0.497. The summed E-state index contributed by atoms with van der Waals surface area (Å²) < 4.78 is 10.7. The van der Waals surface area contributed by atoms with Crippen LogP contribution < -0.4 is 9.47 Å². The van der Waals surface area contributed by atoms with E-state index in [9.17, 15) is 9.90 Å². The highest BCUT2D eigenvalue weighted by atomic mass is 32.1. The minimum atomic E-state index is -0.174. The van der Waals surface area contributed by atoms with Crippen molar-refractivity contribution in [3.05, 3.63) is 76.3 Å². The highest BCUT2D eigenvalue weighted by Crippen LogP contribution is 2.26. The van der Waals surface area contributed by atoms with Gasteiger partial charge in [-0.25, -0.2) is 4.98 Å². The zero-order valence-corrected chi connectivity index (χ0v) is 14.9. The summed E-state index contributed by atoms with van der Waals surface area (Å²) in [5.74, 6) is 0.837. The van der Waals surface area contributed by atoms with Gasteiger partial charge in [-0.15, -0.1) is 11.3 Å². The molecule has 0 radical (unpaired) electrons. The number of rotatable bonds is 7. The van der Waals surface area contributed by atoms with Gasteiger partial charge in [0.05, 0.1) is 18.3 Å². The Hall–Kier alpha value is -3.12. The molecule has 3 rings (SSSR count). The van der Waals surface area contributed by atoms with Crippen LogP contribution in [0.25, 0.3) is 6.08 Å². The number of hydrogen-bond donors (Lipinski definition) is 1. The molecular formula is C20H17NO4S. The topological polar surface area (TPSA) is 68.7 Å². The van der Waals surface area contributed by atoms with Crippen LogP contribution >= 0.6 is 11.3 Å². The van der Waals surface area contributed by atoms with Gasteiger partial charge in [-0.05, 0) is 42.0 Å². The van der Waals surface area contributed by atoms with E-state index in [0.717, 1.165) is 17.0 Å². The molecule has 26 heavy (non-hydrogen) atoms. The maximum Gasteiger partial charge on any atom is 0.185 e. The number of thiazole rings is 1. The number of ether oxygens (including phenoxy) is 2. The van der Waals surface area contributed by atoms with E-state index in [2.05, 4.69) is 4.98 Å². The van der Waals surface area contributed by atoms with Crippen LogP contribution in [0.15, 0.2) is 59.4 Å². The van der Waals surface area contributed by atoms with Gasteiger partial charge in [-0.2, -0.15) is 0 Å². The molecule has 0 bridgehead atoms. The fraction of sp³-hybridized carbons (Fsp3) is 0.100. The van der Waals surface area contributed by atoms with Crippen LogP contribution in [0.5, 0.6) is 17.2 Å². The molecule has 0 aliphatic rings. The number of phenols is 1. The van der Waals surface area contributed by atoms with Gasteiger partial charge >= 0.3 is 0 Å². The van der Waals surface area contributed by atoms with Crippen LogP contribution in [0.1, 0.15) is 21.6 Å². The molecule has 2 aromatic carbocycles. The summed E-state index contributed by atoms with van der Waals surface area (Å²) in [5, 5.41) is 11.5. The second-order valence-electron chi connectivity index (χ2n) is 5.42. The molecule has 0 aliphatic heterocycles. The van der Waals surface area contributed by atoms with E-state index >= 15 is 0 Å². The monoisotopic (exact) mass is 367 g/mol. The number of nitrogens with zero attached hydrogens (tertiary/aromatic N) is 1. The van der Waals surface area contributed by atoms with Gasteiger partial charge in [0.15, 0.2) is 17.3 Å². The van der Waals surface area contributed by atoms with E-state index in [1.165, 1.54) is 36.7 Å². The Kier molecular flexibility index (Phi) is 5.66. The van der Waals surface area contributed by atoms with Gasteiger partial charge in [-0.1, -0.05) is 18.2 Å². The number of carbonyl (C=O) groups excluding carboxylic acids is 1. The van der Waals surface area contributed by atoms with Crippen molar-refractivity contribution in [2.24, 2.45) is 0 Å². The van der Waals surface area contributed by atoms with E-state index in [-0.39, 0.29) is 17.3 Å². The van der Waals surface area contributed by atoms with Crippen molar-refractivity contribution in [1.29, 1.82) is 0 Å². The summed E-state index contributed by atoms with van der Waals surface area (Å²) >= 11 is 1.53. The van der Waals surface area contributed by atoms with Crippen LogP contribution in [0.2, 0.25) is 0 Å². The third-order valence-electron chi connectivity index (χ3n) is 3.64. The van der Waals surface area contributed by atoms with Gasteiger partial charge < -0.3 is 14.6 Å². The summed E-state index contributed by atoms with van der Waals surface area (Å²) in [5.41, 5.74) is 3.99. The first-order valence-electron chi connectivity index (χ1n) is 7.85. The molecule has 0 atom stereocenters. The number of aromatic hydroxyl groups is 1. The zero-order chi connectivity index (χ0) is 18.4. The lowest BCUT2D eigenvalue weighted by molar-refractivity contribution is 0.104. The van der Waals surface area contributed by atoms with Crippen molar-refractivity contribution in [2.45, 2.75) is 6.61 Å². The maximum absolute atomic E-state index is 12.2. The molecule has 0 amide bonds. The molecule has 0 fully saturated rings. The fourth-order valence-corrected chi connectivity index (χ4v) is 2.78. The number of allylic oxidation sites excluding steroid dienone is 1. The average Bonchev–Trinajstić information content (AvgIpc) is 3.19. The molecule has 6 heteroatoms. The molecule has 0 saturated carbocycles. The lowest BCUT2D eigenvalue weighted by atomic mass is 10.1. The van der Waals surface area contributed by atoms with Crippen LogP contribution in [0, 0.1) is 0 Å². The maximum atomic E-state index is 12.2. The lowest BCUT2D eigenvalue weighted by Crippen LogP contribution is -1.96. The lowest BCUT2D eigenvalue weighted by Gasteiger charge is -2.05. The largest absolute Gasteiger partial charge is 0.504 e. The molecule has 1 N–H and O–H groups in total. The molecule has 3 aromatic rings. The van der Waals surface area contributed by atoms with Crippen LogP contribution in [0.3, 0.4) is 0 Å². The van der Waals surface area contributed by atoms with Gasteiger partial charge in [0, 0.05) is 10.9 Å². The molecule has 132 valence electrons. The number of methoxy groups -OCH3 is 1. The smallest absolute Gasteiger partial charge is 0.185 e. The molecule has 1 heterocycles. The number of benzene rings is 2. The summed E-state index contributed by atoms with van der Waals surface area (Å²) in [7, 11) is 1.44. The summed E-state index contributed by atoms with van der Waals surface area (Å²) in [4.78, 5) is 16.4. The summed E-state index contributed by atoms with van der Waals surface area (Å²) in [6.07, 6.45) is 3.21. The summed E-state index contributed by atoms with van der Waals surface area (Å²) in [6.45, 7) is 0.430. The third-order valence-corrected chi connectivity index (χ3v) is 4.28. The number of ketones is 1. The number of carbonyl (C=O) groups is 1. The molecule has 5 nitrogen and oxygen atoms in total. The first-order chi connectivity index (χ1) is 12.7. The van der Waals surface area contributed by atoms with Crippen molar-refractivity contribution < 1.29 is 19.4 Å². The fourth-order valence-electron chi connectivity index (χ4n) is 2.24. The van der Waals surface area contributed by atoms with Crippen LogP contribution in [0.4, 0.5) is 0 Å². The van der Waals surface area contributed by atoms with Crippen molar-refractivity contribution in [3.8, 4) is 17.2 Å². The van der Waals surface area contributed by atoms with Crippen molar-refractivity contribution in [1.82, 2.24) is 4.98 Å². The molecular weight excluding hydrogens is 350 g/mol. The zero-order valence-electron chi connectivity index (χ0n) is 14.1. The second-order valence-corrected chi connectivity index (χ2v) is 6.14. The Balaban J connectivity index is 1.61. The number of aromatic nitrogens is 1. The van der Waals surface area contributed by atoms with Crippen molar-refractivity contribution >= 4 is 23.2 Å². The molecule has 0 aliphatic carbocycles. The minimum Gasteiger partial charge on any atom is -0.504 e. The molecule has 0 saturated heterocycles. The Morgan fingerprint density at radius 1 is 1.23 bits per heavy atom. The van der Waals surface area contributed by atoms with E-state index in [0.29, 0.717) is 12.2 Å². The van der Waals surface area contributed by atoms with E-state index < -0.39 is 0 Å². The van der Waals surface area contributed by atoms with E-state index in [4.69, 9.17) is 9.47 Å². The summed E-state index contributed by atoms with van der Waals surface area (Å²) in [6, 6.07) is 11.9. The average molecular weight is 367 g/mol. The van der Waals surface area contributed by atoms with E-state index in [1.807, 2.05) is 29.6 Å². The third kappa shape index (κ3) is 4.49. The van der Waals surface area contributed by atoms with Crippen LogP contribution in [-0.2, 0) is 6.61 Å². The SMILES string of the molecule is COc1cc(C(=O)C=Cc2ccc(OCc3cscn3)cc2)ccc1O. The van der Waals surface area contributed by atoms with Gasteiger partial charge in [0.25, 0.3) is 0 Å². The Bertz CT molecular complexity index is 902. The minimum absolute atomic E-state index is 0.00118. The highest BCUT2D eigenvalue weighted by molar-refractivity contribution is 7.07. The van der Waals surface area contributed by atoms with Gasteiger partial charge in [-0.3, -0.25) is 4.79 Å². The molecule has 0 spiro atoms. The van der Waals surface area contributed by atoms with Crippen molar-refractivity contribution in [3.63, 3.8) is 0 Å². The Morgan fingerprint density at radius 3 is 2.73 bits per heavy atom. The first kappa shape index (κ1) is 17.7. The van der Waals surface area contributed by atoms with E-state index in [1.54, 1.807) is 17.7 Å². The molecule has 1 aromatic heterocycles. The van der Waals surface area contributed by atoms with Crippen LogP contribution in [-0.4, -0.2) is 23.0 Å². The highest BCUT2D eigenvalue weighted by Gasteiger charge is 2.07. The second kappa shape index (κ2) is 8.31. The predicted octanol–water partition coefficient (Wildman–Crippen LogP) is 4.33. The van der Waals surface area contributed by atoms with Gasteiger partial charge in [0.2, 0.25) is 0 Å². The van der Waals surface area contributed by atoms with Crippen molar-refractivity contribution in [2.75, 3.05) is 7.11 Å². The van der Waals surface area contributed by atoms with Gasteiger partial charge in [0.1, 0.15) is 12.4 Å². The molecule has 0 unspecified atom stereocenters. The first-order valence-corrected chi connectivity index (χ1v) is 8.79. The normalized spacial score (nSPS) is 10.8. The predicted molar refractivity (Wildman–Crippen MR) is 101 cm³/mol. The number of phenolic OH excluding ortho intramolecular Hbond substituents is 1. The standard InChI is InChI=1S/C20H17NO4S/c1-24-20-10-15(5-9-19(20)23)18(22)8-4-14-2-6-17(7-3-14)25-11-16-12-26-13-21-16/h2-10,12-13,23H,11H2,1H3.